The number of likely N-dealkylation sites (tertiary alicyclic amines) is 1. The van der Waals surface area contributed by atoms with Gasteiger partial charge in [0.25, 0.3) is 5.91 Å². The van der Waals surface area contributed by atoms with Gasteiger partial charge in [0.15, 0.2) is 0 Å². The zero-order valence-corrected chi connectivity index (χ0v) is 19.9. The summed E-state index contributed by atoms with van der Waals surface area (Å²) in [6.07, 6.45) is 0.604. The van der Waals surface area contributed by atoms with Crippen LogP contribution in [0.15, 0.2) is 53.9 Å². The Hall–Kier alpha value is -3.79. The van der Waals surface area contributed by atoms with E-state index in [0.29, 0.717) is 37.3 Å². The maximum Gasteiger partial charge on any atom is 0.415 e. The zero-order chi connectivity index (χ0) is 24.8. The number of hydrogen-bond acceptors (Lipinski definition) is 6. The normalized spacial score (nSPS) is 13.8. The molecule has 0 saturated carbocycles. The van der Waals surface area contributed by atoms with E-state index < -0.39 is 12.1 Å². The highest BCUT2D eigenvalue weighted by atomic mass is 32.1. The molecule has 10 heteroatoms. The van der Waals surface area contributed by atoms with Crippen molar-refractivity contribution in [3.63, 3.8) is 0 Å². The first-order chi connectivity index (χ1) is 16.9. The number of aromatic nitrogens is 1. The Morgan fingerprint density at radius 1 is 1.11 bits per heavy atom. The molecule has 2 aromatic carbocycles. The summed E-state index contributed by atoms with van der Waals surface area (Å²) in [5.41, 5.74) is 2.51. The number of hydrogen-bond donors (Lipinski definition) is 2. The molecule has 0 radical (unpaired) electrons. The SMILES string of the molecule is CCOC(=O)NC(=O)N1CCC(c2nc(C(=O)Nc3ccccc3-c3ccc(F)cc3)cs2)CC1. The van der Waals surface area contributed by atoms with Gasteiger partial charge in [-0.05, 0) is 43.5 Å². The fraction of sp³-hybridized carbons (Fsp3) is 0.280. The molecule has 2 N–H and O–H groups in total. The van der Waals surface area contributed by atoms with Crippen molar-refractivity contribution in [2.24, 2.45) is 0 Å². The van der Waals surface area contributed by atoms with Crippen LogP contribution in [0.2, 0.25) is 0 Å². The quantitative estimate of drug-likeness (QED) is 0.503. The number of thiazole rings is 1. The van der Waals surface area contributed by atoms with Gasteiger partial charge in [-0.3, -0.25) is 4.79 Å². The van der Waals surface area contributed by atoms with Gasteiger partial charge in [-0.25, -0.2) is 24.3 Å². The maximum atomic E-state index is 13.3. The van der Waals surface area contributed by atoms with Crippen molar-refractivity contribution in [3.8, 4) is 11.1 Å². The lowest BCUT2D eigenvalue weighted by atomic mass is 9.98. The number of carbonyl (C=O) groups is 3. The number of amides is 4. The van der Waals surface area contributed by atoms with E-state index in [1.807, 2.05) is 18.2 Å². The molecule has 0 atom stereocenters. The van der Waals surface area contributed by atoms with Crippen molar-refractivity contribution in [1.82, 2.24) is 15.2 Å². The minimum atomic E-state index is -0.754. The van der Waals surface area contributed by atoms with E-state index in [2.05, 4.69) is 15.6 Å². The van der Waals surface area contributed by atoms with Gasteiger partial charge in [0, 0.05) is 35.6 Å². The molecule has 1 aliphatic rings. The second-order valence-corrected chi connectivity index (χ2v) is 8.88. The fourth-order valence-corrected chi connectivity index (χ4v) is 4.87. The van der Waals surface area contributed by atoms with E-state index >= 15 is 0 Å². The summed E-state index contributed by atoms with van der Waals surface area (Å²) in [5.74, 6) is -0.524. The van der Waals surface area contributed by atoms with Gasteiger partial charge in [-0.1, -0.05) is 30.3 Å². The molecule has 0 bridgehead atoms. The number of anilines is 1. The monoisotopic (exact) mass is 496 g/mol. The molecule has 0 unspecified atom stereocenters. The highest BCUT2D eigenvalue weighted by molar-refractivity contribution is 7.10. The Morgan fingerprint density at radius 2 is 1.83 bits per heavy atom. The van der Waals surface area contributed by atoms with Gasteiger partial charge in [-0.15, -0.1) is 11.3 Å². The molecule has 1 aliphatic heterocycles. The number of piperidine rings is 1. The van der Waals surface area contributed by atoms with Crippen LogP contribution in [0, 0.1) is 5.82 Å². The van der Waals surface area contributed by atoms with Crippen LogP contribution < -0.4 is 10.6 Å². The fourth-order valence-electron chi connectivity index (χ4n) is 3.90. The van der Waals surface area contributed by atoms with E-state index in [0.717, 1.165) is 16.1 Å². The maximum absolute atomic E-state index is 13.3. The lowest BCUT2D eigenvalue weighted by molar-refractivity contribution is 0.102. The molecule has 8 nitrogen and oxygen atoms in total. The van der Waals surface area contributed by atoms with Gasteiger partial charge < -0.3 is 15.0 Å². The topological polar surface area (TPSA) is 101 Å². The Kier molecular flexibility index (Phi) is 7.71. The smallest absolute Gasteiger partial charge is 0.415 e. The number of ether oxygens (including phenoxy) is 1. The van der Waals surface area contributed by atoms with Crippen LogP contribution in [-0.2, 0) is 4.74 Å². The summed E-state index contributed by atoms with van der Waals surface area (Å²) in [5, 5.41) is 7.69. The molecule has 1 aromatic heterocycles. The van der Waals surface area contributed by atoms with E-state index in [1.54, 1.807) is 35.4 Å². The summed E-state index contributed by atoms with van der Waals surface area (Å²) in [6.45, 7) is 2.81. The van der Waals surface area contributed by atoms with Crippen molar-refractivity contribution in [2.45, 2.75) is 25.7 Å². The van der Waals surface area contributed by atoms with E-state index in [9.17, 15) is 18.8 Å². The largest absolute Gasteiger partial charge is 0.450 e. The number of halogens is 1. The first-order valence-electron chi connectivity index (χ1n) is 11.3. The van der Waals surface area contributed by atoms with Crippen LogP contribution in [0.3, 0.4) is 0 Å². The Labute approximate surface area is 206 Å². The summed E-state index contributed by atoms with van der Waals surface area (Å²) >= 11 is 1.42. The highest BCUT2D eigenvalue weighted by Crippen LogP contribution is 2.32. The van der Waals surface area contributed by atoms with Crippen LogP contribution in [0.4, 0.5) is 19.7 Å². The molecular weight excluding hydrogens is 471 g/mol. The van der Waals surface area contributed by atoms with E-state index in [4.69, 9.17) is 4.74 Å². The molecule has 4 rings (SSSR count). The second-order valence-electron chi connectivity index (χ2n) is 7.99. The molecule has 1 saturated heterocycles. The molecular formula is C25H25FN4O4S. The summed E-state index contributed by atoms with van der Waals surface area (Å²) in [7, 11) is 0. The van der Waals surface area contributed by atoms with Gasteiger partial charge in [0.2, 0.25) is 0 Å². The number of benzene rings is 2. The molecule has 1 fully saturated rings. The molecule has 0 spiro atoms. The lowest BCUT2D eigenvalue weighted by Gasteiger charge is -2.30. The molecule has 35 heavy (non-hydrogen) atoms. The van der Waals surface area contributed by atoms with Crippen LogP contribution in [-0.4, -0.2) is 47.6 Å². The number of para-hydroxylation sites is 1. The second kappa shape index (κ2) is 11.1. The standard InChI is InChI=1S/C25H25FN4O4S/c1-2-34-25(33)29-24(32)30-13-11-17(12-14-30)23-28-21(15-35-23)22(31)27-20-6-4-3-5-19(20)16-7-9-18(26)10-8-16/h3-10,15,17H,2,11-14H2,1H3,(H,27,31)(H,29,32,33). The summed E-state index contributed by atoms with van der Waals surface area (Å²) < 4.78 is 18.1. The Morgan fingerprint density at radius 3 is 2.54 bits per heavy atom. The van der Waals surface area contributed by atoms with Crippen molar-refractivity contribution >= 4 is 35.1 Å². The van der Waals surface area contributed by atoms with E-state index in [-0.39, 0.29) is 24.2 Å². The lowest BCUT2D eigenvalue weighted by Crippen LogP contribution is -2.46. The Bertz CT molecular complexity index is 1210. The van der Waals surface area contributed by atoms with Crippen molar-refractivity contribution in [1.29, 1.82) is 0 Å². The molecule has 3 aromatic rings. The first kappa shape index (κ1) is 24.3. The molecule has 2 heterocycles. The molecule has 4 amide bonds. The zero-order valence-electron chi connectivity index (χ0n) is 19.1. The van der Waals surface area contributed by atoms with Crippen molar-refractivity contribution in [3.05, 3.63) is 70.4 Å². The molecule has 182 valence electrons. The average molecular weight is 497 g/mol. The number of nitrogens with one attached hydrogen (secondary N) is 2. The number of alkyl carbamates (subject to hydrolysis) is 1. The third kappa shape index (κ3) is 6.02. The van der Waals surface area contributed by atoms with Crippen molar-refractivity contribution in [2.75, 3.05) is 25.0 Å². The third-order valence-electron chi connectivity index (χ3n) is 5.70. The van der Waals surface area contributed by atoms with Crippen LogP contribution in [0.5, 0.6) is 0 Å². The van der Waals surface area contributed by atoms with Gasteiger partial charge >= 0.3 is 12.1 Å². The first-order valence-corrected chi connectivity index (χ1v) is 12.2. The number of urea groups is 1. The minimum absolute atomic E-state index is 0.125. The van der Waals surface area contributed by atoms with Gasteiger partial charge in [0.1, 0.15) is 11.5 Å². The van der Waals surface area contributed by atoms with Crippen molar-refractivity contribution < 1.29 is 23.5 Å². The number of carbonyl (C=O) groups excluding carboxylic acids is 3. The number of nitrogens with zero attached hydrogens (tertiary/aromatic N) is 2. The number of imide groups is 1. The molecule has 0 aliphatic carbocycles. The minimum Gasteiger partial charge on any atom is -0.450 e. The van der Waals surface area contributed by atoms with Crippen LogP contribution in [0.25, 0.3) is 11.1 Å². The summed E-state index contributed by atoms with van der Waals surface area (Å²) in [6, 6.07) is 13.0. The van der Waals surface area contributed by atoms with Crippen LogP contribution >= 0.6 is 11.3 Å². The highest BCUT2D eigenvalue weighted by Gasteiger charge is 2.27. The van der Waals surface area contributed by atoms with E-state index in [1.165, 1.54) is 23.5 Å². The van der Waals surface area contributed by atoms with Gasteiger partial charge in [-0.2, -0.15) is 0 Å². The Balaban J connectivity index is 1.37. The number of rotatable bonds is 5. The predicted molar refractivity (Wildman–Crippen MR) is 131 cm³/mol. The summed E-state index contributed by atoms with van der Waals surface area (Å²) in [4.78, 5) is 42.7. The van der Waals surface area contributed by atoms with Gasteiger partial charge in [0.05, 0.1) is 11.6 Å². The third-order valence-corrected chi connectivity index (χ3v) is 6.71. The van der Waals surface area contributed by atoms with Crippen LogP contribution in [0.1, 0.15) is 41.2 Å². The average Bonchev–Trinajstić information content (AvgIpc) is 3.36. The predicted octanol–water partition coefficient (Wildman–Crippen LogP) is 5.25.